The number of anilines is 1. The summed E-state index contributed by atoms with van der Waals surface area (Å²) in [6, 6.07) is 3.48. The number of amides is 2. The maximum atomic E-state index is 12.7. The lowest BCUT2D eigenvalue weighted by atomic mass is 9.96. The molecule has 150 valence electrons. The summed E-state index contributed by atoms with van der Waals surface area (Å²) in [5.41, 5.74) is -0.383. The van der Waals surface area contributed by atoms with Crippen LogP contribution in [0.1, 0.15) is 72.4 Å². The Bertz CT molecular complexity index is 677. The molecule has 1 aliphatic rings. The van der Waals surface area contributed by atoms with Gasteiger partial charge in [0.2, 0.25) is 0 Å². The number of likely N-dealkylation sites (tertiary alicyclic amines) is 1. The summed E-state index contributed by atoms with van der Waals surface area (Å²) in [5.74, 6) is 0.409. The third kappa shape index (κ3) is 6.41. The second kappa shape index (κ2) is 8.15. The molecule has 0 bridgehead atoms. The van der Waals surface area contributed by atoms with E-state index in [-0.39, 0.29) is 12.1 Å². The molecule has 0 aromatic carbocycles. The number of ether oxygens (including phenoxy) is 2. The molecule has 2 rings (SSSR count). The Morgan fingerprint density at radius 2 is 1.78 bits per heavy atom. The highest BCUT2D eigenvalue weighted by atomic mass is 16.6. The topological polar surface area (TPSA) is 80.8 Å². The van der Waals surface area contributed by atoms with Crippen molar-refractivity contribution >= 4 is 18.0 Å². The average Bonchev–Trinajstić information content (AvgIpc) is 2.52. The van der Waals surface area contributed by atoms with Gasteiger partial charge in [0.15, 0.2) is 0 Å². The third-order valence-corrected chi connectivity index (χ3v) is 3.95. The monoisotopic (exact) mass is 377 g/mol. The van der Waals surface area contributed by atoms with Gasteiger partial charge in [-0.15, -0.1) is 0 Å². The van der Waals surface area contributed by atoms with Crippen LogP contribution in [0.15, 0.2) is 18.3 Å². The van der Waals surface area contributed by atoms with Crippen molar-refractivity contribution in [3.05, 3.63) is 23.9 Å². The van der Waals surface area contributed by atoms with E-state index in [1.54, 1.807) is 37.9 Å². The first kappa shape index (κ1) is 21.0. The summed E-state index contributed by atoms with van der Waals surface area (Å²) in [6.45, 7) is 11.6. The highest BCUT2D eigenvalue weighted by Crippen LogP contribution is 2.35. The molecule has 1 aliphatic heterocycles. The molecule has 2 amide bonds. The van der Waals surface area contributed by atoms with Gasteiger partial charge < -0.3 is 14.4 Å². The summed E-state index contributed by atoms with van der Waals surface area (Å²) in [5, 5.41) is 2.72. The smallest absolute Gasteiger partial charge is 0.413 e. The van der Waals surface area contributed by atoms with Crippen LogP contribution in [0.3, 0.4) is 0 Å². The lowest BCUT2D eigenvalue weighted by molar-refractivity contribution is 0.00958. The van der Waals surface area contributed by atoms with Crippen LogP contribution in [-0.4, -0.2) is 39.8 Å². The van der Waals surface area contributed by atoms with Gasteiger partial charge in [0.25, 0.3) is 0 Å². The Kier molecular flexibility index (Phi) is 6.34. The SMILES string of the molecule is CC(C)(C)OC(=O)Nc1ncccc1C1CCCCN1C(=O)OC(C)(C)C. The van der Waals surface area contributed by atoms with Crippen LogP contribution in [0.25, 0.3) is 0 Å². The number of hydrogen-bond acceptors (Lipinski definition) is 5. The Labute approximate surface area is 161 Å². The minimum absolute atomic E-state index is 0.202. The lowest BCUT2D eigenvalue weighted by Crippen LogP contribution is -2.42. The first-order chi connectivity index (χ1) is 12.5. The Morgan fingerprint density at radius 3 is 2.41 bits per heavy atom. The zero-order valence-electron chi connectivity index (χ0n) is 17.2. The molecule has 0 aliphatic carbocycles. The van der Waals surface area contributed by atoms with E-state index in [0.29, 0.717) is 12.4 Å². The first-order valence-electron chi connectivity index (χ1n) is 9.41. The van der Waals surface area contributed by atoms with Crippen LogP contribution >= 0.6 is 0 Å². The molecule has 2 heterocycles. The van der Waals surface area contributed by atoms with Crippen molar-refractivity contribution in [2.45, 2.75) is 78.0 Å². The zero-order chi connectivity index (χ0) is 20.2. The Hall–Kier alpha value is -2.31. The zero-order valence-corrected chi connectivity index (χ0v) is 17.2. The van der Waals surface area contributed by atoms with Crippen molar-refractivity contribution in [2.75, 3.05) is 11.9 Å². The highest BCUT2D eigenvalue weighted by molar-refractivity contribution is 5.84. The molecule has 0 saturated carbocycles. The van der Waals surface area contributed by atoms with E-state index >= 15 is 0 Å². The molecule has 0 spiro atoms. The summed E-state index contributed by atoms with van der Waals surface area (Å²) < 4.78 is 10.9. The number of aromatic nitrogens is 1. The molecule has 1 unspecified atom stereocenters. The lowest BCUT2D eigenvalue weighted by Gasteiger charge is -2.37. The van der Waals surface area contributed by atoms with Gasteiger partial charge in [0, 0.05) is 18.3 Å². The average molecular weight is 377 g/mol. The second-order valence-electron chi connectivity index (χ2n) is 8.75. The van der Waals surface area contributed by atoms with E-state index in [4.69, 9.17) is 9.47 Å². The molecule has 1 saturated heterocycles. The first-order valence-corrected chi connectivity index (χ1v) is 9.41. The predicted octanol–water partition coefficient (Wildman–Crippen LogP) is 4.89. The molecule has 1 atom stereocenters. The minimum Gasteiger partial charge on any atom is -0.444 e. The van der Waals surface area contributed by atoms with Crippen molar-refractivity contribution in [1.82, 2.24) is 9.88 Å². The molecule has 27 heavy (non-hydrogen) atoms. The van der Waals surface area contributed by atoms with Crippen LogP contribution in [0.2, 0.25) is 0 Å². The number of nitrogens with one attached hydrogen (secondary N) is 1. The fraction of sp³-hybridized carbons (Fsp3) is 0.650. The van der Waals surface area contributed by atoms with Gasteiger partial charge in [-0.2, -0.15) is 0 Å². The van der Waals surface area contributed by atoms with Gasteiger partial charge in [0.1, 0.15) is 17.0 Å². The van der Waals surface area contributed by atoms with Crippen LogP contribution in [0.4, 0.5) is 15.4 Å². The van der Waals surface area contributed by atoms with Crippen LogP contribution < -0.4 is 5.32 Å². The van der Waals surface area contributed by atoms with Crippen LogP contribution in [-0.2, 0) is 9.47 Å². The summed E-state index contributed by atoms with van der Waals surface area (Å²) in [4.78, 5) is 30.9. The fourth-order valence-corrected chi connectivity index (χ4v) is 2.99. The summed E-state index contributed by atoms with van der Waals surface area (Å²) >= 11 is 0. The number of rotatable bonds is 2. The molecule has 1 aromatic rings. The Balaban J connectivity index is 2.24. The second-order valence-corrected chi connectivity index (χ2v) is 8.75. The predicted molar refractivity (Wildman–Crippen MR) is 104 cm³/mol. The maximum absolute atomic E-state index is 12.7. The molecule has 1 N–H and O–H groups in total. The van der Waals surface area contributed by atoms with Crippen LogP contribution in [0.5, 0.6) is 0 Å². The third-order valence-electron chi connectivity index (χ3n) is 3.95. The quantitative estimate of drug-likeness (QED) is 0.793. The maximum Gasteiger partial charge on any atom is 0.413 e. The van der Waals surface area contributed by atoms with E-state index < -0.39 is 17.3 Å². The van der Waals surface area contributed by atoms with E-state index in [0.717, 1.165) is 24.8 Å². The number of carbonyl (C=O) groups is 2. The van der Waals surface area contributed by atoms with Gasteiger partial charge in [-0.1, -0.05) is 6.07 Å². The van der Waals surface area contributed by atoms with Crippen molar-refractivity contribution in [3.63, 3.8) is 0 Å². The van der Waals surface area contributed by atoms with Gasteiger partial charge in [-0.25, -0.2) is 14.6 Å². The largest absolute Gasteiger partial charge is 0.444 e. The molecular formula is C20H31N3O4. The number of hydrogen-bond donors (Lipinski definition) is 1. The van der Waals surface area contributed by atoms with Gasteiger partial charge in [-0.3, -0.25) is 5.32 Å². The number of nitrogens with zero attached hydrogens (tertiary/aromatic N) is 2. The summed E-state index contributed by atoms with van der Waals surface area (Å²) in [7, 11) is 0. The van der Waals surface area contributed by atoms with Crippen LogP contribution in [0, 0.1) is 0 Å². The van der Waals surface area contributed by atoms with Crippen molar-refractivity contribution in [1.29, 1.82) is 0 Å². The normalized spacial score (nSPS) is 18.0. The molecule has 1 fully saturated rings. The fourth-order valence-electron chi connectivity index (χ4n) is 2.99. The summed E-state index contributed by atoms with van der Waals surface area (Å²) in [6.07, 6.45) is 3.39. The molecule has 7 heteroatoms. The van der Waals surface area contributed by atoms with Gasteiger partial charge >= 0.3 is 12.2 Å². The molecular weight excluding hydrogens is 346 g/mol. The van der Waals surface area contributed by atoms with E-state index in [2.05, 4.69) is 10.3 Å². The number of pyridine rings is 1. The van der Waals surface area contributed by atoms with E-state index in [1.165, 1.54) is 0 Å². The van der Waals surface area contributed by atoms with Gasteiger partial charge in [0.05, 0.1) is 6.04 Å². The van der Waals surface area contributed by atoms with E-state index in [1.807, 2.05) is 26.8 Å². The minimum atomic E-state index is -0.605. The highest BCUT2D eigenvalue weighted by Gasteiger charge is 2.33. The van der Waals surface area contributed by atoms with Crippen molar-refractivity contribution in [2.24, 2.45) is 0 Å². The standard InChI is InChI=1S/C20H31N3O4/c1-19(2,3)26-17(24)22-16-14(10-9-12-21-16)15-11-7-8-13-23(15)18(25)27-20(4,5)6/h9-10,12,15H,7-8,11,13H2,1-6H3,(H,21,22,24). The van der Waals surface area contributed by atoms with Crippen molar-refractivity contribution < 1.29 is 19.1 Å². The molecule has 1 aromatic heterocycles. The number of piperidine rings is 1. The van der Waals surface area contributed by atoms with E-state index in [9.17, 15) is 9.59 Å². The van der Waals surface area contributed by atoms with Gasteiger partial charge in [-0.05, 0) is 66.9 Å². The number of carbonyl (C=O) groups excluding carboxylic acids is 2. The molecule has 7 nitrogen and oxygen atoms in total. The molecule has 0 radical (unpaired) electrons. The van der Waals surface area contributed by atoms with Crippen molar-refractivity contribution in [3.8, 4) is 0 Å². The Morgan fingerprint density at radius 1 is 1.11 bits per heavy atom.